The molecule has 0 saturated heterocycles. The molecule has 0 aliphatic heterocycles. The summed E-state index contributed by atoms with van der Waals surface area (Å²) in [6.07, 6.45) is 8.24. The van der Waals surface area contributed by atoms with E-state index in [-0.39, 0.29) is 59.8 Å². The van der Waals surface area contributed by atoms with Gasteiger partial charge in [0.1, 0.15) is 13.2 Å². The average molecular weight is 572 g/mol. The van der Waals surface area contributed by atoms with Crippen molar-refractivity contribution in [3.8, 4) is 40.8 Å². The van der Waals surface area contributed by atoms with E-state index >= 15 is 0 Å². The zero-order chi connectivity index (χ0) is 27.7. The first kappa shape index (κ1) is 27.8. The number of rotatable bonds is 13. The van der Waals surface area contributed by atoms with Crippen LogP contribution in [-0.4, -0.2) is 70.7 Å². The zero-order valence-corrected chi connectivity index (χ0v) is 22.9. The van der Waals surface area contributed by atoms with Crippen LogP contribution in [0.25, 0.3) is 11.6 Å². The lowest BCUT2D eigenvalue weighted by atomic mass is 10.3. The summed E-state index contributed by atoms with van der Waals surface area (Å²) < 4.78 is 50.5. The van der Waals surface area contributed by atoms with Gasteiger partial charge in [-0.1, -0.05) is 12.1 Å². The van der Waals surface area contributed by atoms with Crippen molar-refractivity contribution in [1.82, 2.24) is 29.9 Å². The summed E-state index contributed by atoms with van der Waals surface area (Å²) in [6, 6.07) is 8.65. The van der Waals surface area contributed by atoms with E-state index < -0.39 is 10.0 Å². The Labute approximate surface area is 229 Å². The molecule has 1 aromatic carbocycles. The predicted molar refractivity (Wildman–Crippen MR) is 144 cm³/mol. The van der Waals surface area contributed by atoms with Crippen molar-refractivity contribution in [3.05, 3.63) is 55.1 Å². The minimum atomic E-state index is -3.78. The Morgan fingerprint density at radius 2 is 1.59 bits per heavy atom. The summed E-state index contributed by atoms with van der Waals surface area (Å²) in [6.45, 7) is 1.54. The number of nitrogens with one attached hydrogen (secondary N) is 1. The van der Waals surface area contributed by atoms with Crippen LogP contribution in [0.1, 0.15) is 6.92 Å². The van der Waals surface area contributed by atoms with Crippen LogP contribution >= 0.6 is 11.8 Å². The number of anilines is 1. The van der Waals surface area contributed by atoms with Crippen molar-refractivity contribution in [2.45, 2.75) is 11.8 Å². The lowest BCUT2D eigenvalue weighted by Gasteiger charge is -2.17. The fourth-order valence-corrected chi connectivity index (χ4v) is 3.89. The number of nitrogens with zero attached hydrogens (tertiary/aromatic N) is 6. The highest BCUT2D eigenvalue weighted by Crippen LogP contribution is 2.41. The number of hydrogen-bond acceptors (Lipinski definition) is 13. The van der Waals surface area contributed by atoms with Gasteiger partial charge in [0.25, 0.3) is 5.88 Å². The third-order valence-corrected chi connectivity index (χ3v) is 6.85. The van der Waals surface area contributed by atoms with Crippen LogP contribution < -0.4 is 23.7 Å². The number of ether oxygens (including phenoxy) is 4. The molecule has 0 atom stereocenters. The number of thioether (sulfide) groups is 1. The molecular formula is C24H25N7O6S2. The Bertz CT molecular complexity index is 1490. The molecule has 0 aliphatic rings. The maximum Gasteiger partial charge on any atom is 0.316 e. The molecule has 3 aromatic heterocycles. The molecule has 0 bridgehead atoms. The van der Waals surface area contributed by atoms with Crippen molar-refractivity contribution in [3.63, 3.8) is 0 Å². The van der Waals surface area contributed by atoms with Crippen LogP contribution in [0.4, 0.5) is 5.82 Å². The van der Waals surface area contributed by atoms with Gasteiger partial charge in [-0.3, -0.25) is 4.72 Å². The molecule has 204 valence electrons. The van der Waals surface area contributed by atoms with E-state index in [0.717, 1.165) is 4.90 Å². The minimum absolute atomic E-state index is 0.0119. The summed E-state index contributed by atoms with van der Waals surface area (Å²) in [5.74, 6) is 0.329. The normalized spacial score (nSPS) is 11.1. The van der Waals surface area contributed by atoms with Gasteiger partial charge in [0.15, 0.2) is 23.1 Å². The molecule has 4 rings (SSSR count). The molecule has 4 aromatic rings. The maximum atomic E-state index is 12.6. The van der Waals surface area contributed by atoms with Gasteiger partial charge in [0.2, 0.25) is 21.6 Å². The third-order valence-electron chi connectivity index (χ3n) is 4.91. The minimum Gasteiger partial charge on any atom is -0.493 e. The molecule has 15 heteroatoms. The average Bonchev–Trinajstić information content (AvgIpc) is 2.97. The Kier molecular flexibility index (Phi) is 9.27. The van der Waals surface area contributed by atoms with Crippen molar-refractivity contribution in [2.24, 2.45) is 0 Å². The molecule has 0 unspecified atom stereocenters. The highest BCUT2D eigenvalue weighted by atomic mass is 32.2. The summed E-state index contributed by atoms with van der Waals surface area (Å²) in [5, 5.41) is 0. The molecule has 0 saturated carbocycles. The topological polar surface area (TPSA) is 160 Å². The number of benzene rings is 1. The fraction of sp³-hybridized carbons (Fsp3) is 0.250. The van der Waals surface area contributed by atoms with Gasteiger partial charge in [0.05, 0.1) is 12.9 Å². The largest absolute Gasteiger partial charge is 0.493 e. The number of sulfonamides is 1. The standard InChI is InChI=1S/C24H25N7O6S2/c1-4-39(32,33)31-20-19(37-18-9-6-5-8-17(18)34-2)23(30-22(29-20)21-25-10-7-11-26-21)35-12-13-36-24-27-14-16(38-3)15-28-24/h5-11,14-15H,4,12-13H2,1-3H3,(H,29,30,31). The van der Waals surface area contributed by atoms with Gasteiger partial charge in [-0.05, 0) is 31.4 Å². The number of methoxy groups -OCH3 is 1. The molecular weight excluding hydrogens is 546 g/mol. The fourth-order valence-electron chi connectivity index (χ4n) is 2.99. The Morgan fingerprint density at radius 1 is 0.897 bits per heavy atom. The molecule has 0 spiro atoms. The third kappa shape index (κ3) is 7.42. The van der Waals surface area contributed by atoms with E-state index in [2.05, 4.69) is 34.6 Å². The van der Waals surface area contributed by atoms with E-state index in [1.54, 1.807) is 42.7 Å². The highest BCUT2D eigenvalue weighted by molar-refractivity contribution is 7.98. The van der Waals surface area contributed by atoms with Crippen LogP contribution in [0.15, 0.2) is 60.0 Å². The Balaban J connectivity index is 1.70. The quantitative estimate of drug-likeness (QED) is 0.184. The predicted octanol–water partition coefficient (Wildman–Crippen LogP) is 3.47. The van der Waals surface area contributed by atoms with Crippen LogP contribution in [0.5, 0.6) is 29.1 Å². The monoisotopic (exact) mass is 571 g/mol. The van der Waals surface area contributed by atoms with E-state index in [4.69, 9.17) is 18.9 Å². The summed E-state index contributed by atoms with van der Waals surface area (Å²) in [7, 11) is -2.29. The Hall–Kier alpha value is -4.24. The SMILES string of the molecule is CCS(=O)(=O)Nc1nc(-c2ncccn2)nc(OCCOc2ncc(SC)cn2)c1Oc1ccccc1OC. The molecule has 0 aliphatic carbocycles. The second-order valence-electron chi connectivity index (χ2n) is 7.46. The first-order chi connectivity index (χ1) is 18.9. The molecule has 39 heavy (non-hydrogen) atoms. The number of aromatic nitrogens is 6. The zero-order valence-electron chi connectivity index (χ0n) is 21.3. The van der Waals surface area contributed by atoms with Gasteiger partial charge in [-0.15, -0.1) is 11.8 Å². The van der Waals surface area contributed by atoms with Gasteiger partial charge >= 0.3 is 6.01 Å². The van der Waals surface area contributed by atoms with E-state index in [0.29, 0.717) is 5.75 Å². The van der Waals surface area contributed by atoms with Crippen molar-refractivity contribution in [2.75, 3.05) is 37.1 Å². The van der Waals surface area contributed by atoms with E-state index in [1.807, 2.05) is 6.26 Å². The molecule has 0 radical (unpaired) electrons. The van der Waals surface area contributed by atoms with Crippen molar-refractivity contribution < 1.29 is 27.4 Å². The van der Waals surface area contributed by atoms with E-state index in [9.17, 15) is 8.42 Å². The van der Waals surface area contributed by atoms with Gasteiger partial charge in [-0.2, -0.15) is 4.98 Å². The van der Waals surface area contributed by atoms with Crippen LogP contribution in [0.3, 0.4) is 0 Å². The maximum absolute atomic E-state index is 12.6. The van der Waals surface area contributed by atoms with Gasteiger partial charge in [-0.25, -0.2) is 33.3 Å². The lowest BCUT2D eigenvalue weighted by molar-refractivity contribution is 0.197. The first-order valence-electron chi connectivity index (χ1n) is 11.5. The van der Waals surface area contributed by atoms with E-state index in [1.165, 1.54) is 38.2 Å². The van der Waals surface area contributed by atoms with Crippen molar-refractivity contribution >= 4 is 27.6 Å². The molecule has 0 fully saturated rings. The first-order valence-corrected chi connectivity index (χ1v) is 14.4. The second-order valence-corrected chi connectivity index (χ2v) is 10.4. The summed E-state index contributed by atoms with van der Waals surface area (Å²) in [5.41, 5.74) is 0. The molecule has 0 amide bonds. The number of hydrogen-bond donors (Lipinski definition) is 1. The van der Waals surface area contributed by atoms with Gasteiger partial charge < -0.3 is 18.9 Å². The number of para-hydroxylation sites is 2. The molecule has 3 heterocycles. The van der Waals surface area contributed by atoms with Crippen molar-refractivity contribution in [1.29, 1.82) is 0 Å². The smallest absolute Gasteiger partial charge is 0.316 e. The van der Waals surface area contributed by atoms with Crippen LogP contribution in [0.2, 0.25) is 0 Å². The van der Waals surface area contributed by atoms with Crippen LogP contribution in [0, 0.1) is 0 Å². The highest BCUT2D eigenvalue weighted by Gasteiger charge is 2.24. The van der Waals surface area contributed by atoms with Crippen LogP contribution in [-0.2, 0) is 10.0 Å². The van der Waals surface area contributed by atoms with Gasteiger partial charge in [0, 0.05) is 29.7 Å². The Morgan fingerprint density at radius 3 is 2.26 bits per heavy atom. The lowest BCUT2D eigenvalue weighted by Crippen LogP contribution is -2.18. The second kappa shape index (κ2) is 13.0. The molecule has 13 nitrogen and oxygen atoms in total. The molecule has 1 N–H and O–H groups in total. The summed E-state index contributed by atoms with van der Waals surface area (Å²) in [4.78, 5) is 26.3. The summed E-state index contributed by atoms with van der Waals surface area (Å²) >= 11 is 1.51.